The van der Waals surface area contributed by atoms with Crippen molar-refractivity contribution in [3.63, 3.8) is 0 Å². The lowest BCUT2D eigenvalue weighted by atomic mass is 10.1. The van der Waals surface area contributed by atoms with Gasteiger partial charge in [-0.2, -0.15) is 0 Å². The van der Waals surface area contributed by atoms with Gasteiger partial charge in [0.1, 0.15) is 0 Å². The molecule has 1 N–H and O–H groups in total. The average Bonchev–Trinajstić information content (AvgIpc) is 2.98. The van der Waals surface area contributed by atoms with E-state index in [1.807, 2.05) is 41.3 Å². The molecule has 0 aliphatic carbocycles. The van der Waals surface area contributed by atoms with Crippen LogP contribution in [0.15, 0.2) is 36.4 Å². The average molecular weight is 402 g/mol. The second-order valence-corrected chi connectivity index (χ2v) is 7.42. The molecule has 2 aromatic rings. The highest BCUT2D eigenvalue weighted by Gasteiger charge is 2.20. The lowest BCUT2D eigenvalue weighted by molar-refractivity contribution is -0.130. The van der Waals surface area contributed by atoms with E-state index in [9.17, 15) is 4.79 Å². The van der Waals surface area contributed by atoms with Gasteiger partial charge in [0.2, 0.25) is 5.91 Å². The van der Waals surface area contributed by atoms with Crippen LogP contribution in [0.25, 0.3) is 11.3 Å². The Balaban J connectivity index is 1.57. The van der Waals surface area contributed by atoms with E-state index >= 15 is 0 Å². The molecular weight excluding hydrogens is 374 g/mol. The fourth-order valence-electron chi connectivity index (χ4n) is 3.31. The molecule has 6 nitrogen and oxygen atoms in total. The minimum atomic E-state index is 0.179. The largest absolute Gasteiger partial charge is 0.353 e. The molecule has 1 saturated heterocycles. The van der Waals surface area contributed by atoms with Crippen LogP contribution in [0.1, 0.15) is 26.2 Å². The van der Waals surface area contributed by atoms with Crippen molar-refractivity contribution >= 4 is 23.3 Å². The topological polar surface area (TPSA) is 61.4 Å². The number of benzene rings is 1. The van der Waals surface area contributed by atoms with Crippen molar-refractivity contribution in [3.8, 4) is 11.3 Å². The van der Waals surface area contributed by atoms with Gasteiger partial charge in [0.15, 0.2) is 5.82 Å². The number of halogens is 1. The van der Waals surface area contributed by atoms with Crippen LogP contribution in [-0.2, 0) is 4.79 Å². The lowest BCUT2D eigenvalue weighted by Crippen LogP contribution is -2.40. The second-order valence-electron chi connectivity index (χ2n) is 7.01. The van der Waals surface area contributed by atoms with E-state index in [4.69, 9.17) is 11.6 Å². The number of carbonyl (C=O) groups excluding carboxylic acids is 1. The third-order valence-corrected chi connectivity index (χ3v) is 5.29. The Morgan fingerprint density at radius 1 is 1.11 bits per heavy atom. The van der Waals surface area contributed by atoms with Crippen molar-refractivity contribution < 1.29 is 4.79 Å². The van der Waals surface area contributed by atoms with Crippen molar-refractivity contribution in [2.75, 3.05) is 44.2 Å². The van der Waals surface area contributed by atoms with Gasteiger partial charge >= 0.3 is 0 Å². The Morgan fingerprint density at radius 2 is 1.96 bits per heavy atom. The maximum Gasteiger partial charge on any atom is 0.236 e. The van der Waals surface area contributed by atoms with Crippen molar-refractivity contribution in [2.24, 2.45) is 0 Å². The molecule has 1 aliphatic heterocycles. The van der Waals surface area contributed by atoms with Crippen LogP contribution in [0.3, 0.4) is 0 Å². The van der Waals surface area contributed by atoms with Crippen molar-refractivity contribution in [1.82, 2.24) is 20.4 Å². The predicted octanol–water partition coefficient (Wildman–Crippen LogP) is 3.23. The normalized spacial score (nSPS) is 14.8. The number of anilines is 1. The number of nitrogens with zero attached hydrogens (tertiary/aromatic N) is 4. The van der Waals surface area contributed by atoms with Crippen LogP contribution in [0, 0.1) is 0 Å². The highest BCUT2D eigenvalue weighted by molar-refractivity contribution is 6.33. The van der Waals surface area contributed by atoms with Gasteiger partial charge in [-0.3, -0.25) is 4.79 Å². The Morgan fingerprint density at radius 3 is 2.71 bits per heavy atom. The fraction of sp³-hybridized carbons (Fsp3) is 0.476. The Bertz CT molecular complexity index is 768. The highest BCUT2D eigenvalue weighted by atomic mass is 35.5. The van der Waals surface area contributed by atoms with Crippen LogP contribution in [0.5, 0.6) is 0 Å². The molecular formula is C21H28ClN5O. The molecule has 0 radical (unpaired) electrons. The van der Waals surface area contributed by atoms with E-state index in [1.165, 1.54) is 0 Å². The van der Waals surface area contributed by atoms with Crippen molar-refractivity contribution in [3.05, 3.63) is 41.4 Å². The SMILES string of the molecule is CCCCNCC(=O)N1CCCN(c2ccc(-c3ccccc3Cl)nn2)CC1. The van der Waals surface area contributed by atoms with E-state index in [0.717, 1.165) is 62.5 Å². The summed E-state index contributed by atoms with van der Waals surface area (Å²) in [4.78, 5) is 16.5. The molecule has 0 bridgehead atoms. The number of hydrogen-bond acceptors (Lipinski definition) is 5. The van der Waals surface area contributed by atoms with E-state index in [0.29, 0.717) is 18.1 Å². The molecule has 1 fully saturated rings. The third-order valence-electron chi connectivity index (χ3n) is 4.96. The predicted molar refractivity (Wildman–Crippen MR) is 114 cm³/mol. The van der Waals surface area contributed by atoms with Gasteiger partial charge in [0.05, 0.1) is 17.3 Å². The highest BCUT2D eigenvalue weighted by Crippen LogP contribution is 2.26. The minimum Gasteiger partial charge on any atom is -0.353 e. The van der Waals surface area contributed by atoms with Gasteiger partial charge in [-0.1, -0.05) is 43.1 Å². The first kappa shape index (κ1) is 20.6. The molecule has 1 aromatic carbocycles. The van der Waals surface area contributed by atoms with Gasteiger partial charge in [-0.05, 0) is 37.6 Å². The van der Waals surface area contributed by atoms with Crippen LogP contribution in [0.4, 0.5) is 5.82 Å². The van der Waals surface area contributed by atoms with E-state index < -0.39 is 0 Å². The molecule has 1 aliphatic rings. The Kier molecular flexibility index (Phi) is 7.62. The summed E-state index contributed by atoms with van der Waals surface area (Å²) in [5.74, 6) is 1.02. The second kappa shape index (κ2) is 10.4. The molecule has 0 atom stereocenters. The number of rotatable bonds is 7. The summed E-state index contributed by atoms with van der Waals surface area (Å²) in [6.07, 6.45) is 3.16. The molecule has 0 unspecified atom stereocenters. The number of aromatic nitrogens is 2. The van der Waals surface area contributed by atoms with Gasteiger partial charge in [0.25, 0.3) is 0 Å². The molecule has 28 heavy (non-hydrogen) atoms. The smallest absolute Gasteiger partial charge is 0.236 e. The van der Waals surface area contributed by atoms with Gasteiger partial charge in [-0.15, -0.1) is 10.2 Å². The fourth-order valence-corrected chi connectivity index (χ4v) is 3.54. The van der Waals surface area contributed by atoms with Gasteiger partial charge < -0.3 is 15.1 Å². The molecule has 0 saturated carbocycles. The first-order chi connectivity index (χ1) is 13.7. The van der Waals surface area contributed by atoms with E-state index in [1.54, 1.807) is 0 Å². The maximum atomic E-state index is 12.4. The molecule has 2 heterocycles. The molecule has 0 spiro atoms. The number of carbonyl (C=O) groups is 1. The van der Waals surface area contributed by atoms with E-state index in [2.05, 4.69) is 27.3 Å². The molecule has 150 valence electrons. The summed E-state index contributed by atoms with van der Waals surface area (Å²) in [5.41, 5.74) is 1.64. The zero-order chi connectivity index (χ0) is 19.8. The molecule has 3 rings (SSSR count). The van der Waals surface area contributed by atoms with Crippen LogP contribution in [0.2, 0.25) is 5.02 Å². The summed E-state index contributed by atoms with van der Waals surface area (Å²) in [7, 11) is 0. The molecule has 7 heteroatoms. The quantitative estimate of drug-likeness (QED) is 0.722. The number of unbranched alkanes of at least 4 members (excludes halogenated alkanes) is 1. The molecule has 1 aromatic heterocycles. The van der Waals surface area contributed by atoms with Gasteiger partial charge in [-0.25, -0.2) is 0 Å². The Labute approximate surface area is 171 Å². The molecule has 1 amide bonds. The third kappa shape index (κ3) is 5.42. The van der Waals surface area contributed by atoms with Crippen LogP contribution < -0.4 is 10.2 Å². The van der Waals surface area contributed by atoms with Gasteiger partial charge in [0, 0.05) is 31.7 Å². The first-order valence-corrected chi connectivity index (χ1v) is 10.4. The summed E-state index contributed by atoms with van der Waals surface area (Å²) in [6, 6.07) is 11.6. The standard InChI is InChI=1S/C21H28ClN5O/c1-2-3-11-23-16-21(28)27-13-6-12-26(14-15-27)20-10-9-19(24-25-20)17-7-4-5-8-18(17)22/h4-5,7-10,23H,2-3,6,11-16H2,1H3. The lowest BCUT2D eigenvalue weighted by Gasteiger charge is -2.22. The van der Waals surface area contributed by atoms with Crippen molar-refractivity contribution in [1.29, 1.82) is 0 Å². The number of nitrogens with one attached hydrogen (secondary N) is 1. The Hall–Kier alpha value is -2.18. The first-order valence-electron chi connectivity index (χ1n) is 10.0. The summed E-state index contributed by atoms with van der Waals surface area (Å²) in [6.45, 7) is 6.60. The zero-order valence-electron chi connectivity index (χ0n) is 16.4. The van der Waals surface area contributed by atoms with E-state index in [-0.39, 0.29) is 5.91 Å². The summed E-state index contributed by atoms with van der Waals surface area (Å²) < 4.78 is 0. The number of amides is 1. The van der Waals surface area contributed by atoms with Crippen LogP contribution >= 0.6 is 11.6 Å². The zero-order valence-corrected chi connectivity index (χ0v) is 17.2. The monoisotopic (exact) mass is 401 g/mol. The maximum absolute atomic E-state index is 12.4. The number of hydrogen-bond donors (Lipinski definition) is 1. The van der Waals surface area contributed by atoms with Crippen LogP contribution in [-0.4, -0.2) is 60.3 Å². The minimum absolute atomic E-state index is 0.179. The summed E-state index contributed by atoms with van der Waals surface area (Å²) >= 11 is 6.25. The van der Waals surface area contributed by atoms with Crippen molar-refractivity contribution in [2.45, 2.75) is 26.2 Å². The summed E-state index contributed by atoms with van der Waals surface area (Å²) in [5, 5.41) is 12.7.